The molecule has 2 rings (SSSR count). The smallest absolute Gasteiger partial charge is 0.229 e. The summed E-state index contributed by atoms with van der Waals surface area (Å²) in [6, 6.07) is 12.4. The fourth-order valence-electron chi connectivity index (χ4n) is 2.71. The second-order valence-electron chi connectivity index (χ2n) is 6.35. The molecule has 2 aromatic rings. The Bertz CT molecular complexity index is 1020. The first-order valence-corrected chi connectivity index (χ1v) is 12.5. The molecule has 0 saturated carbocycles. The van der Waals surface area contributed by atoms with Crippen LogP contribution in [0, 0.1) is 0 Å². The van der Waals surface area contributed by atoms with Crippen LogP contribution < -0.4 is 19.7 Å². The topological polar surface area (TPSA) is 108 Å². The molecule has 0 aliphatic carbocycles. The maximum absolute atomic E-state index is 11.7. The summed E-state index contributed by atoms with van der Waals surface area (Å²) < 4.78 is 51.0. The van der Waals surface area contributed by atoms with Crippen LogP contribution in [-0.2, 0) is 20.0 Å². The molecule has 0 radical (unpaired) electrons. The predicted octanol–water partition coefficient (Wildman–Crippen LogP) is 3.02. The highest BCUT2D eigenvalue weighted by atomic mass is 32.2. The van der Waals surface area contributed by atoms with Crippen molar-refractivity contribution in [3.05, 3.63) is 42.5 Å². The minimum absolute atomic E-state index is 0.240. The summed E-state index contributed by atoms with van der Waals surface area (Å²) in [6.07, 6.45) is 2.06. The van der Waals surface area contributed by atoms with E-state index in [0.29, 0.717) is 5.69 Å². The van der Waals surface area contributed by atoms with Gasteiger partial charge in [0.15, 0.2) is 0 Å². The van der Waals surface area contributed by atoms with Gasteiger partial charge in [-0.2, -0.15) is 0 Å². The second-order valence-corrected chi connectivity index (χ2v) is 9.85. The Morgan fingerprint density at radius 1 is 0.750 bits per heavy atom. The Morgan fingerprint density at radius 2 is 1.29 bits per heavy atom. The van der Waals surface area contributed by atoms with Gasteiger partial charge >= 0.3 is 0 Å². The highest BCUT2D eigenvalue weighted by molar-refractivity contribution is 7.92. The molecule has 0 heterocycles. The monoisotopic (exact) mass is 426 g/mol. The summed E-state index contributed by atoms with van der Waals surface area (Å²) >= 11 is 0. The summed E-state index contributed by atoms with van der Waals surface area (Å²) in [5.41, 5.74) is 2.87. The molecular weight excluding hydrogens is 400 g/mol. The number of anilines is 5. The normalized spacial score (nSPS) is 11.7. The molecule has 0 fully saturated rings. The zero-order valence-electron chi connectivity index (χ0n) is 16.4. The van der Waals surface area contributed by atoms with Gasteiger partial charge in [-0.1, -0.05) is 0 Å². The molecule has 0 spiro atoms. The maximum Gasteiger partial charge on any atom is 0.229 e. The third-order valence-electron chi connectivity index (χ3n) is 3.89. The summed E-state index contributed by atoms with van der Waals surface area (Å²) in [4.78, 5) is 2.21. The second kappa shape index (κ2) is 8.70. The zero-order chi connectivity index (χ0) is 20.9. The van der Waals surface area contributed by atoms with Gasteiger partial charge in [0.05, 0.1) is 29.6 Å². The first-order chi connectivity index (χ1) is 13.0. The van der Waals surface area contributed by atoms with E-state index >= 15 is 0 Å². The molecule has 0 saturated heterocycles. The van der Waals surface area contributed by atoms with Gasteiger partial charge < -0.3 is 10.2 Å². The Balaban J connectivity index is 2.33. The van der Waals surface area contributed by atoms with Crippen LogP contribution in [0.15, 0.2) is 42.5 Å². The number of sulfonamides is 2. The molecule has 0 aliphatic heterocycles. The van der Waals surface area contributed by atoms with Crippen molar-refractivity contribution < 1.29 is 16.8 Å². The van der Waals surface area contributed by atoms with E-state index < -0.39 is 20.0 Å². The van der Waals surface area contributed by atoms with Gasteiger partial charge in [-0.25, -0.2) is 16.8 Å². The number of nitrogens with zero attached hydrogens (tertiary/aromatic N) is 1. The van der Waals surface area contributed by atoms with Crippen molar-refractivity contribution in [2.24, 2.45) is 0 Å². The van der Waals surface area contributed by atoms with Crippen molar-refractivity contribution in [2.75, 3.05) is 45.3 Å². The van der Waals surface area contributed by atoms with Crippen LogP contribution in [0.5, 0.6) is 0 Å². The fourth-order valence-corrected chi connectivity index (χ4v) is 3.84. The van der Waals surface area contributed by atoms with E-state index in [1.54, 1.807) is 12.1 Å². The Kier molecular flexibility index (Phi) is 6.78. The van der Waals surface area contributed by atoms with Crippen LogP contribution in [-0.4, -0.2) is 42.4 Å². The van der Waals surface area contributed by atoms with Crippen LogP contribution in [0.25, 0.3) is 0 Å². The average molecular weight is 427 g/mol. The molecule has 0 amide bonds. The predicted molar refractivity (Wildman–Crippen MR) is 117 cm³/mol. The van der Waals surface area contributed by atoms with Crippen molar-refractivity contribution in [2.45, 2.75) is 13.8 Å². The van der Waals surface area contributed by atoms with Crippen LogP contribution >= 0.6 is 0 Å². The molecule has 28 heavy (non-hydrogen) atoms. The lowest BCUT2D eigenvalue weighted by atomic mass is 10.2. The number of benzene rings is 2. The van der Waals surface area contributed by atoms with Gasteiger partial charge in [-0.15, -0.1) is 0 Å². The van der Waals surface area contributed by atoms with Crippen LogP contribution in [0.1, 0.15) is 13.8 Å². The lowest BCUT2D eigenvalue weighted by molar-refractivity contribution is 0.605. The number of hydrogen-bond donors (Lipinski definition) is 3. The summed E-state index contributed by atoms with van der Waals surface area (Å²) in [5.74, 6) is 0. The van der Waals surface area contributed by atoms with Crippen LogP contribution in [0.3, 0.4) is 0 Å². The summed E-state index contributed by atoms with van der Waals surface area (Å²) in [7, 11) is -7.03. The van der Waals surface area contributed by atoms with Gasteiger partial charge in [0.1, 0.15) is 0 Å². The minimum Gasteiger partial charge on any atom is -0.372 e. The van der Waals surface area contributed by atoms with E-state index in [4.69, 9.17) is 0 Å². The Morgan fingerprint density at radius 3 is 1.79 bits per heavy atom. The van der Waals surface area contributed by atoms with Crippen molar-refractivity contribution in [1.29, 1.82) is 0 Å². The molecule has 0 unspecified atom stereocenters. The molecule has 10 heteroatoms. The lowest BCUT2D eigenvalue weighted by Gasteiger charge is -2.21. The van der Waals surface area contributed by atoms with Crippen molar-refractivity contribution in [1.82, 2.24) is 0 Å². The van der Waals surface area contributed by atoms with Crippen molar-refractivity contribution >= 4 is 48.5 Å². The molecular formula is C18H26N4O4S2. The highest BCUT2D eigenvalue weighted by Gasteiger charge is 2.11. The maximum atomic E-state index is 11.7. The van der Waals surface area contributed by atoms with E-state index in [0.717, 1.165) is 37.0 Å². The van der Waals surface area contributed by atoms with E-state index in [9.17, 15) is 16.8 Å². The Labute approximate surface area is 167 Å². The molecule has 154 valence electrons. The largest absolute Gasteiger partial charge is 0.372 e. The van der Waals surface area contributed by atoms with Crippen molar-refractivity contribution in [3.63, 3.8) is 0 Å². The van der Waals surface area contributed by atoms with Gasteiger partial charge in [0, 0.05) is 24.5 Å². The first kappa shape index (κ1) is 21.8. The first-order valence-electron chi connectivity index (χ1n) is 8.72. The van der Waals surface area contributed by atoms with Gasteiger partial charge in [-0.05, 0) is 56.3 Å². The van der Waals surface area contributed by atoms with Gasteiger partial charge in [0.25, 0.3) is 0 Å². The molecule has 0 aliphatic rings. The average Bonchev–Trinajstić information content (AvgIpc) is 2.57. The number of rotatable bonds is 9. The third-order valence-corrected chi connectivity index (χ3v) is 5.09. The van der Waals surface area contributed by atoms with E-state index in [1.807, 2.05) is 24.3 Å². The summed E-state index contributed by atoms with van der Waals surface area (Å²) in [6.45, 7) is 5.98. The lowest BCUT2D eigenvalue weighted by Crippen LogP contribution is -2.21. The quantitative estimate of drug-likeness (QED) is 0.569. The van der Waals surface area contributed by atoms with E-state index in [1.165, 1.54) is 6.07 Å². The fraction of sp³-hybridized carbons (Fsp3) is 0.333. The van der Waals surface area contributed by atoms with Crippen LogP contribution in [0.4, 0.5) is 28.4 Å². The van der Waals surface area contributed by atoms with Gasteiger partial charge in [0.2, 0.25) is 20.0 Å². The molecule has 3 N–H and O–H groups in total. The Hall–Kier alpha value is -2.46. The van der Waals surface area contributed by atoms with E-state index in [-0.39, 0.29) is 11.4 Å². The van der Waals surface area contributed by atoms with Crippen LogP contribution in [0.2, 0.25) is 0 Å². The number of nitrogens with one attached hydrogen (secondary N) is 3. The van der Waals surface area contributed by atoms with E-state index in [2.05, 4.69) is 33.5 Å². The molecule has 0 bridgehead atoms. The number of hydrogen-bond acceptors (Lipinski definition) is 6. The molecule has 0 aromatic heterocycles. The molecule has 8 nitrogen and oxygen atoms in total. The molecule has 2 aromatic carbocycles. The van der Waals surface area contributed by atoms with Crippen molar-refractivity contribution in [3.8, 4) is 0 Å². The summed E-state index contributed by atoms with van der Waals surface area (Å²) in [5, 5.41) is 3.16. The third kappa shape index (κ3) is 6.61. The minimum atomic E-state index is -3.55. The molecule has 0 atom stereocenters. The van der Waals surface area contributed by atoms with Gasteiger partial charge in [-0.3, -0.25) is 9.44 Å². The SMILES string of the molecule is CCN(CC)c1ccc(Nc2ccc(NS(C)(=O)=O)cc2NS(C)(=O)=O)cc1. The standard InChI is InChI=1S/C18H26N4O4S2/c1-5-22(6-2)16-10-7-14(8-11-16)19-17-12-9-15(20-27(3,23)24)13-18(17)21-28(4,25)26/h7-13,19-21H,5-6H2,1-4H3. The zero-order valence-corrected chi connectivity index (χ0v) is 18.0. The highest BCUT2D eigenvalue weighted by Crippen LogP contribution is 2.30.